The molecule has 4 bridgehead atoms. The molecular weight excluding hydrogens is 456 g/mol. The van der Waals surface area contributed by atoms with Crippen LogP contribution in [0.25, 0.3) is 0 Å². The molecule has 192 valence electrons. The highest BCUT2D eigenvalue weighted by molar-refractivity contribution is 5.17. The molecule has 1 unspecified atom stereocenters. The van der Waals surface area contributed by atoms with E-state index in [1.165, 1.54) is 19.3 Å². The number of rotatable bonds is 6. The highest BCUT2D eigenvalue weighted by Crippen LogP contribution is 2.58. The lowest BCUT2D eigenvalue weighted by molar-refractivity contribution is -0.386. The summed E-state index contributed by atoms with van der Waals surface area (Å²) in [5, 5.41) is 11.6. The van der Waals surface area contributed by atoms with Crippen LogP contribution in [0.1, 0.15) is 55.9 Å². The summed E-state index contributed by atoms with van der Waals surface area (Å²) in [5.41, 5.74) is 1.82. The van der Waals surface area contributed by atoms with Gasteiger partial charge in [-0.15, -0.1) is 0 Å². The van der Waals surface area contributed by atoms with Crippen LogP contribution in [0.3, 0.4) is 0 Å². The van der Waals surface area contributed by atoms with Gasteiger partial charge in [-0.2, -0.15) is 0 Å². The number of aliphatic hydroxyl groups is 1. The van der Waals surface area contributed by atoms with Gasteiger partial charge in [0.2, 0.25) is 0 Å². The normalized spacial score (nSPS) is 43.3. The Kier molecular flexibility index (Phi) is 6.15. The van der Waals surface area contributed by atoms with E-state index in [4.69, 9.17) is 23.7 Å². The van der Waals surface area contributed by atoms with Crippen molar-refractivity contribution in [3.05, 3.63) is 71.8 Å². The Balaban J connectivity index is 1.12. The van der Waals surface area contributed by atoms with Crippen LogP contribution in [0.2, 0.25) is 0 Å². The number of fused-ring (bicyclic) bond motifs is 1. The predicted molar refractivity (Wildman–Crippen MR) is 132 cm³/mol. The SMILES string of the molecule is O[C@@H]1[C@H](OCc2ccccc2)[C@H](OC23CC4CC(CC(C4)C2)C3)O[C@@H]2COC(c3ccccc3)O[C@@H]12. The molecule has 36 heavy (non-hydrogen) atoms. The summed E-state index contributed by atoms with van der Waals surface area (Å²) in [6.45, 7) is 0.718. The third-order valence-electron chi connectivity index (χ3n) is 9.01. The second-order valence-corrected chi connectivity index (χ2v) is 11.7. The van der Waals surface area contributed by atoms with Crippen molar-refractivity contribution in [1.29, 1.82) is 0 Å². The molecule has 2 aliphatic heterocycles. The highest BCUT2D eigenvalue weighted by Gasteiger charge is 2.56. The van der Waals surface area contributed by atoms with Crippen molar-refractivity contribution >= 4 is 0 Å². The van der Waals surface area contributed by atoms with E-state index in [0.717, 1.165) is 48.1 Å². The number of hydrogen-bond acceptors (Lipinski definition) is 6. The molecule has 2 heterocycles. The molecule has 6 nitrogen and oxygen atoms in total. The van der Waals surface area contributed by atoms with Crippen LogP contribution in [0.4, 0.5) is 0 Å². The van der Waals surface area contributed by atoms with Gasteiger partial charge in [0, 0.05) is 5.56 Å². The van der Waals surface area contributed by atoms with Gasteiger partial charge >= 0.3 is 0 Å². The molecule has 4 saturated carbocycles. The summed E-state index contributed by atoms with van der Waals surface area (Å²) in [7, 11) is 0. The van der Waals surface area contributed by atoms with Crippen LogP contribution in [0.15, 0.2) is 60.7 Å². The highest BCUT2D eigenvalue weighted by atomic mass is 16.8. The molecule has 6 heteroatoms. The van der Waals surface area contributed by atoms with E-state index in [1.807, 2.05) is 60.7 Å². The topological polar surface area (TPSA) is 66.4 Å². The van der Waals surface area contributed by atoms with Crippen molar-refractivity contribution in [1.82, 2.24) is 0 Å². The standard InChI is InChI=1S/C30H36O6/c31-25-26-24(18-33-28(35-26)23-9-5-2-6-10-23)34-29(27(25)32-17-19-7-3-1-4-8-19)36-30-14-20-11-21(15-30)13-22(12-20)16-30/h1-10,20-22,24-29,31H,11-18H2/t20?,21?,22?,24-,25+,26-,27+,28?,29+,30?/m1/s1. The quantitative estimate of drug-likeness (QED) is 0.628. The zero-order chi connectivity index (χ0) is 24.1. The summed E-state index contributed by atoms with van der Waals surface area (Å²) in [4.78, 5) is 0. The molecular formula is C30H36O6. The van der Waals surface area contributed by atoms with Crippen molar-refractivity contribution < 1.29 is 28.8 Å². The molecule has 8 rings (SSSR count). The smallest absolute Gasteiger partial charge is 0.187 e. The minimum Gasteiger partial charge on any atom is -0.387 e. The fourth-order valence-corrected chi connectivity index (χ4v) is 7.81. The van der Waals surface area contributed by atoms with Crippen molar-refractivity contribution in [2.24, 2.45) is 17.8 Å². The van der Waals surface area contributed by atoms with Crippen molar-refractivity contribution in [2.75, 3.05) is 6.61 Å². The van der Waals surface area contributed by atoms with Crippen LogP contribution < -0.4 is 0 Å². The van der Waals surface area contributed by atoms with E-state index in [-0.39, 0.29) is 5.60 Å². The Hall–Kier alpha value is -1.80. The Morgan fingerprint density at radius 1 is 0.833 bits per heavy atom. The van der Waals surface area contributed by atoms with E-state index < -0.39 is 37.0 Å². The fraction of sp³-hybridized carbons (Fsp3) is 0.600. The van der Waals surface area contributed by atoms with Crippen LogP contribution in [-0.4, -0.2) is 48.0 Å². The molecule has 0 radical (unpaired) electrons. The largest absolute Gasteiger partial charge is 0.387 e. The molecule has 2 aromatic rings. The molecule has 1 N–H and O–H groups in total. The van der Waals surface area contributed by atoms with Crippen molar-refractivity contribution in [3.63, 3.8) is 0 Å². The van der Waals surface area contributed by atoms with E-state index >= 15 is 0 Å². The summed E-state index contributed by atoms with van der Waals surface area (Å²) in [6, 6.07) is 19.9. The summed E-state index contributed by atoms with van der Waals surface area (Å²) in [5.74, 6) is 2.28. The lowest BCUT2D eigenvalue weighted by atomic mass is 9.54. The average molecular weight is 493 g/mol. The van der Waals surface area contributed by atoms with Gasteiger partial charge in [-0.3, -0.25) is 0 Å². The third-order valence-corrected chi connectivity index (χ3v) is 9.01. The first-order valence-electron chi connectivity index (χ1n) is 13.6. The molecule has 0 aromatic heterocycles. The summed E-state index contributed by atoms with van der Waals surface area (Å²) < 4.78 is 32.1. The molecule has 2 saturated heterocycles. The molecule has 6 aliphatic rings. The van der Waals surface area contributed by atoms with Crippen LogP contribution >= 0.6 is 0 Å². The van der Waals surface area contributed by atoms with Crippen LogP contribution in [-0.2, 0) is 30.3 Å². The first-order valence-corrected chi connectivity index (χ1v) is 13.6. The van der Waals surface area contributed by atoms with Gasteiger partial charge in [0.05, 0.1) is 18.8 Å². The maximum atomic E-state index is 11.6. The number of aliphatic hydroxyl groups excluding tert-OH is 1. The minimum atomic E-state index is -0.888. The lowest BCUT2D eigenvalue weighted by Gasteiger charge is -2.58. The summed E-state index contributed by atoms with van der Waals surface area (Å²) in [6.07, 6.45) is 3.63. The zero-order valence-electron chi connectivity index (χ0n) is 20.6. The second kappa shape index (κ2) is 9.50. The summed E-state index contributed by atoms with van der Waals surface area (Å²) >= 11 is 0. The lowest BCUT2D eigenvalue weighted by Crippen LogP contribution is -2.65. The van der Waals surface area contributed by atoms with E-state index in [0.29, 0.717) is 13.2 Å². The average Bonchev–Trinajstić information content (AvgIpc) is 2.88. The Morgan fingerprint density at radius 3 is 2.14 bits per heavy atom. The Bertz CT molecular complexity index is 993. The van der Waals surface area contributed by atoms with Gasteiger partial charge in [-0.05, 0) is 61.8 Å². The minimum absolute atomic E-state index is 0.163. The van der Waals surface area contributed by atoms with Gasteiger partial charge < -0.3 is 28.8 Å². The van der Waals surface area contributed by atoms with Gasteiger partial charge in [0.1, 0.15) is 24.4 Å². The number of benzene rings is 2. The second-order valence-electron chi connectivity index (χ2n) is 11.7. The third kappa shape index (κ3) is 4.42. The van der Waals surface area contributed by atoms with Gasteiger partial charge in [0.25, 0.3) is 0 Å². The van der Waals surface area contributed by atoms with Crippen LogP contribution in [0.5, 0.6) is 0 Å². The molecule has 0 spiro atoms. The predicted octanol–water partition coefficient (Wildman–Crippen LogP) is 4.76. The van der Waals surface area contributed by atoms with Crippen LogP contribution in [0, 0.1) is 17.8 Å². The molecule has 6 atom stereocenters. The monoisotopic (exact) mass is 492 g/mol. The van der Waals surface area contributed by atoms with Gasteiger partial charge in [-0.25, -0.2) is 0 Å². The fourth-order valence-electron chi connectivity index (χ4n) is 7.81. The van der Waals surface area contributed by atoms with Crippen molar-refractivity contribution in [3.8, 4) is 0 Å². The van der Waals surface area contributed by atoms with E-state index in [2.05, 4.69) is 0 Å². The Labute approximate surface area is 212 Å². The maximum Gasteiger partial charge on any atom is 0.187 e. The molecule has 4 aliphatic carbocycles. The zero-order valence-corrected chi connectivity index (χ0v) is 20.6. The van der Waals surface area contributed by atoms with Crippen molar-refractivity contribution in [2.45, 2.75) is 87.7 Å². The number of ether oxygens (including phenoxy) is 5. The van der Waals surface area contributed by atoms with Gasteiger partial charge in [0.15, 0.2) is 12.6 Å². The maximum absolute atomic E-state index is 11.6. The molecule has 0 amide bonds. The molecule has 2 aromatic carbocycles. The first kappa shape index (κ1) is 23.3. The Morgan fingerprint density at radius 2 is 1.47 bits per heavy atom. The molecule has 6 fully saturated rings. The number of hydrogen-bond donors (Lipinski definition) is 1. The van der Waals surface area contributed by atoms with E-state index in [1.54, 1.807) is 0 Å². The van der Waals surface area contributed by atoms with E-state index in [9.17, 15) is 5.11 Å². The first-order chi connectivity index (χ1) is 17.6. The van der Waals surface area contributed by atoms with Gasteiger partial charge in [-0.1, -0.05) is 60.7 Å².